The number of hydrogen-bond donors (Lipinski definition) is 1. The predicted octanol–water partition coefficient (Wildman–Crippen LogP) is 2.87. The molecule has 0 aromatic heterocycles. The van der Waals surface area contributed by atoms with Gasteiger partial charge in [-0.1, -0.05) is 0 Å². The molecular weight excluding hydrogens is 474 g/mol. The Bertz CT molecular complexity index is 1130. The van der Waals surface area contributed by atoms with Gasteiger partial charge < -0.3 is 24.0 Å². The van der Waals surface area contributed by atoms with Gasteiger partial charge in [0.15, 0.2) is 6.61 Å². The third-order valence-corrected chi connectivity index (χ3v) is 6.76. The lowest BCUT2D eigenvalue weighted by molar-refractivity contribution is -0.135. The summed E-state index contributed by atoms with van der Waals surface area (Å²) in [5.74, 6) is 0.869. The summed E-state index contributed by atoms with van der Waals surface area (Å²) in [5.41, 5.74) is 1.000. The zero-order valence-corrected chi connectivity index (χ0v) is 21.0. The predicted molar refractivity (Wildman–Crippen MR) is 130 cm³/mol. The van der Waals surface area contributed by atoms with E-state index in [0.29, 0.717) is 62.1 Å². The Morgan fingerprint density at radius 2 is 1.57 bits per heavy atom. The van der Waals surface area contributed by atoms with Crippen LogP contribution in [0.1, 0.15) is 19.4 Å². The molecule has 35 heavy (non-hydrogen) atoms. The summed E-state index contributed by atoms with van der Waals surface area (Å²) in [6.07, 6.45) is -0.376. The fraction of sp³-hybridized carbons (Fsp3) is 0.417. The van der Waals surface area contributed by atoms with E-state index < -0.39 is 10.0 Å². The fourth-order valence-electron chi connectivity index (χ4n) is 3.53. The van der Waals surface area contributed by atoms with Gasteiger partial charge in [-0.15, -0.1) is 0 Å². The number of sulfonamides is 1. The van der Waals surface area contributed by atoms with Gasteiger partial charge in [-0.25, -0.2) is 13.2 Å². The van der Waals surface area contributed by atoms with Gasteiger partial charge in [0.2, 0.25) is 0 Å². The molecule has 3 rings (SSSR count). The summed E-state index contributed by atoms with van der Waals surface area (Å²) in [5, 5.41) is 0. The van der Waals surface area contributed by atoms with Gasteiger partial charge in [-0.05, 0) is 68.8 Å². The molecule has 11 heteroatoms. The smallest absolute Gasteiger partial charge is 0.409 e. The molecule has 1 aliphatic rings. The van der Waals surface area contributed by atoms with Gasteiger partial charge in [0.25, 0.3) is 15.9 Å². The Balaban J connectivity index is 1.55. The number of nitrogens with one attached hydrogen (secondary N) is 1. The van der Waals surface area contributed by atoms with E-state index in [0.717, 1.165) is 0 Å². The van der Waals surface area contributed by atoms with Crippen LogP contribution in [0.5, 0.6) is 11.5 Å². The molecule has 0 unspecified atom stereocenters. The third kappa shape index (κ3) is 7.01. The molecule has 2 aromatic rings. The molecule has 1 saturated heterocycles. The van der Waals surface area contributed by atoms with Gasteiger partial charge in [0.1, 0.15) is 11.5 Å². The van der Waals surface area contributed by atoms with Crippen molar-refractivity contribution in [1.82, 2.24) is 9.80 Å². The van der Waals surface area contributed by atoms with Crippen LogP contribution in [0.25, 0.3) is 0 Å². The van der Waals surface area contributed by atoms with Crippen molar-refractivity contribution in [3.05, 3.63) is 48.0 Å². The van der Waals surface area contributed by atoms with Crippen molar-refractivity contribution in [2.24, 2.45) is 0 Å². The summed E-state index contributed by atoms with van der Waals surface area (Å²) in [4.78, 5) is 27.6. The average molecular weight is 506 g/mol. The standard InChI is InChI=1S/C24H31N3O7S/c1-4-32-20-8-6-19(7-9-20)25-35(30,31)21-10-11-22(18(3)16-21)34-17-23(28)26-12-14-27(15-13-26)24(29)33-5-2/h6-11,16,25H,4-5,12-15,17H2,1-3H3. The Hall–Kier alpha value is -3.47. The Morgan fingerprint density at radius 3 is 2.17 bits per heavy atom. The second-order valence-corrected chi connectivity index (χ2v) is 9.53. The highest BCUT2D eigenvalue weighted by molar-refractivity contribution is 7.92. The number of hydrogen-bond acceptors (Lipinski definition) is 7. The molecule has 0 spiro atoms. The Labute approximate surface area is 205 Å². The molecule has 1 fully saturated rings. The van der Waals surface area contributed by atoms with Crippen molar-refractivity contribution in [2.45, 2.75) is 25.7 Å². The molecule has 0 radical (unpaired) electrons. The van der Waals surface area contributed by atoms with Gasteiger partial charge in [-0.2, -0.15) is 0 Å². The quantitative estimate of drug-likeness (QED) is 0.557. The number of rotatable bonds is 9. The van der Waals surface area contributed by atoms with E-state index >= 15 is 0 Å². The second kappa shape index (κ2) is 11.8. The fourth-order valence-corrected chi connectivity index (χ4v) is 4.68. The van der Waals surface area contributed by atoms with E-state index in [1.807, 2.05) is 6.92 Å². The van der Waals surface area contributed by atoms with E-state index in [4.69, 9.17) is 14.2 Å². The monoisotopic (exact) mass is 505 g/mol. The Kier molecular flexibility index (Phi) is 8.80. The topological polar surface area (TPSA) is 114 Å². The van der Waals surface area contributed by atoms with Crippen LogP contribution in [0.4, 0.5) is 10.5 Å². The number of carbonyl (C=O) groups excluding carboxylic acids is 2. The Morgan fingerprint density at radius 1 is 0.914 bits per heavy atom. The molecule has 10 nitrogen and oxygen atoms in total. The molecular formula is C24H31N3O7S. The van der Waals surface area contributed by atoms with Crippen LogP contribution in [0.15, 0.2) is 47.4 Å². The highest BCUT2D eigenvalue weighted by atomic mass is 32.2. The van der Waals surface area contributed by atoms with Crippen molar-refractivity contribution in [2.75, 3.05) is 50.7 Å². The molecule has 0 bridgehead atoms. The molecule has 2 aromatic carbocycles. The SMILES string of the molecule is CCOC(=O)N1CCN(C(=O)COc2ccc(S(=O)(=O)Nc3ccc(OCC)cc3)cc2C)CC1. The van der Waals surface area contributed by atoms with Crippen LogP contribution < -0.4 is 14.2 Å². The molecule has 0 aliphatic carbocycles. The number of benzene rings is 2. The number of carbonyl (C=O) groups is 2. The normalized spacial score (nSPS) is 13.8. The molecule has 1 N–H and O–H groups in total. The average Bonchev–Trinajstić information content (AvgIpc) is 2.84. The lowest BCUT2D eigenvalue weighted by Crippen LogP contribution is -2.51. The maximum absolute atomic E-state index is 12.8. The van der Waals surface area contributed by atoms with Crippen LogP contribution >= 0.6 is 0 Å². The van der Waals surface area contributed by atoms with Crippen LogP contribution in [0.3, 0.4) is 0 Å². The van der Waals surface area contributed by atoms with Crippen molar-refractivity contribution in [3.63, 3.8) is 0 Å². The van der Waals surface area contributed by atoms with Gasteiger partial charge >= 0.3 is 6.09 Å². The summed E-state index contributed by atoms with van der Waals surface area (Å²) in [6.45, 7) is 7.58. The van der Waals surface area contributed by atoms with E-state index in [2.05, 4.69) is 4.72 Å². The molecule has 0 saturated carbocycles. The number of ether oxygens (including phenoxy) is 3. The van der Waals surface area contributed by atoms with E-state index in [1.54, 1.807) is 47.9 Å². The lowest BCUT2D eigenvalue weighted by atomic mass is 10.2. The van der Waals surface area contributed by atoms with Crippen molar-refractivity contribution < 1.29 is 32.2 Å². The maximum Gasteiger partial charge on any atom is 0.409 e. The molecule has 1 heterocycles. The van der Waals surface area contributed by atoms with Crippen molar-refractivity contribution in [1.29, 1.82) is 0 Å². The highest BCUT2D eigenvalue weighted by Gasteiger charge is 2.25. The van der Waals surface area contributed by atoms with Crippen LogP contribution in [-0.2, 0) is 19.6 Å². The first-order valence-corrected chi connectivity index (χ1v) is 12.9. The number of amides is 2. The van der Waals surface area contributed by atoms with E-state index in [1.165, 1.54) is 18.2 Å². The first-order chi connectivity index (χ1) is 16.7. The molecule has 2 amide bonds. The highest BCUT2D eigenvalue weighted by Crippen LogP contribution is 2.24. The number of piperazine rings is 1. The van der Waals surface area contributed by atoms with Gasteiger partial charge in [0.05, 0.1) is 18.1 Å². The molecule has 1 aliphatic heterocycles. The minimum Gasteiger partial charge on any atom is -0.494 e. The zero-order valence-electron chi connectivity index (χ0n) is 20.2. The third-order valence-electron chi connectivity index (χ3n) is 5.38. The summed E-state index contributed by atoms with van der Waals surface area (Å²) < 4.78 is 44.1. The zero-order chi connectivity index (χ0) is 25.4. The van der Waals surface area contributed by atoms with Crippen molar-refractivity contribution >= 4 is 27.7 Å². The second-order valence-electron chi connectivity index (χ2n) is 7.85. The summed E-state index contributed by atoms with van der Waals surface area (Å²) in [7, 11) is -3.81. The number of aryl methyl sites for hydroxylation is 1. The summed E-state index contributed by atoms with van der Waals surface area (Å²) >= 11 is 0. The van der Waals surface area contributed by atoms with Crippen LogP contribution in [0.2, 0.25) is 0 Å². The van der Waals surface area contributed by atoms with E-state index in [-0.39, 0.29) is 23.5 Å². The summed E-state index contributed by atoms with van der Waals surface area (Å²) in [6, 6.07) is 11.1. The minimum absolute atomic E-state index is 0.0812. The lowest BCUT2D eigenvalue weighted by Gasteiger charge is -2.34. The molecule has 0 atom stereocenters. The van der Waals surface area contributed by atoms with Crippen LogP contribution in [-0.4, -0.2) is 76.2 Å². The first kappa shape index (κ1) is 26.1. The van der Waals surface area contributed by atoms with Crippen molar-refractivity contribution in [3.8, 4) is 11.5 Å². The minimum atomic E-state index is -3.81. The van der Waals surface area contributed by atoms with E-state index in [9.17, 15) is 18.0 Å². The first-order valence-electron chi connectivity index (χ1n) is 11.4. The van der Waals surface area contributed by atoms with Gasteiger partial charge in [0, 0.05) is 31.9 Å². The number of anilines is 1. The molecule has 190 valence electrons. The number of nitrogens with zero attached hydrogens (tertiary/aromatic N) is 2. The largest absolute Gasteiger partial charge is 0.494 e. The maximum atomic E-state index is 12.8. The van der Waals surface area contributed by atoms with Gasteiger partial charge in [-0.3, -0.25) is 9.52 Å². The van der Waals surface area contributed by atoms with Crippen LogP contribution in [0, 0.1) is 6.92 Å².